The first-order valence-electron chi connectivity index (χ1n) is 12.1. The molecule has 2 saturated heterocycles. The third-order valence-electron chi connectivity index (χ3n) is 6.56. The zero-order valence-electron chi connectivity index (χ0n) is 20.2. The number of nitrogens with zero attached hydrogens (tertiary/aromatic N) is 3. The molecule has 2 aromatic rings. The third-order valence-corrected chi connectivity index (χ3v) is 6.56. The van der Waals surface area contributed by atoms with Crippen LogP contribution in [-0.4, -0.2) is 77.5 Å². The van der Waals surface area contributed by atoms with E-state index in [1.807, 2.05) is 53.4 Å². The topological polar surface area (TPSA) is 85.0 Å². The molecule has 0 spiro atoms. The fraction of sp³-hybridized carbons (Fsp3) is 0.370. The highest BCUT2D eigenvalue weighted by molar-refractivity contribution is 6.07. The van der Waals surface area contributed by atoms with Gasteiger partial charge in [-0.25, -0.2) is 4.79 Å². The van der Waals surface area contributed by atoms with E-state index in [9.17, 15) is 14.4 Å². The zero-order valence-corrected chi connectivity index (χ0v) is 20.2. The second kappa shape index (κ2) is 11.3. The number of hydrogen-bond acceptors (Lipinski definition) is 5. The summed E-state index contributed by atoms with van der Waals surface area (Å²) in [5.74, 6) is -0.792. The Balaban J connectivity index is 1.20. The molecule has 0 bridgehead atoms. The Bertz CT molecular complexity index is 1050. The minimum absolute atomic E-state index is 0.144. The summed E-state index contributed by atoms with van der Waals surface area (Å²) in [6.07, 6.45) is 5.38. The van der Waals surface area contributed by atoms with Crippen molar-refractivity contribution in [1.29, 1.82) is 0 Å². The van der Waals surface area contributed by atoms with Crippen molar-refractivity contribution in [2.24, 2.45) is 0 Å². The molecule has 1 atom stereocenters. The van der Waals surface area contributed by atoms with Gasteiger partial charge in [-0.15, -0.1) is 0 Å². The maximum Gasteiger partial charge on any atom is 0.344 e. The van der Waals surface area contributed by atoms with Crippen molar-refractivity contribution >= 4 is 23.9 Å². The van der Waals surface area contributed by atoms with Crippen molar-refractivity contribution in [2.75, 3.05) is 39.3 Å². The lowest BCUT2D eigenvalue weighted by atomic mass is 9.93. The van der Waals surface area contributed by atoms with Crippen molar-refractivity contribution in [2.45, 2.75) is 25.3 Å². The fourth-order valence-electron chi connectivity index (χ4n) is 4.39. The van der Waals surface area contributed by atoms with Gasteiger partial charge < -0.3 is 5.32 Å². The van der Waals surface area contributed by atoms with Crippen LogP contribution in [0.2, 0.25) is 0 Å². The number of aryl methyl sites for hydroxylation is 1. The van der Waals surface area contributed by atoms with E-state index in [0.717, 1.165) is 43.3 Å². The van der Waals surface area contributed by atoms with Crippen LogP contribution in [0.5, 0.6) is 0 Å². The largest absolute Gasteiger partial charge is 0.344 e. The molecule has 2 heterocycles. The average molecular weight is 476 g/mol. The summed E-state index contributed by atoms with van der Waals surface area (Å²) in [5.41, 5.74) is 3.74. The summed E-state index contributed by atoms with van der Waals surface area (Å²) in [6.45, 7) is 5.92. The third kappa shape index (κ3) is 6.55. The van der Waals surface area contributed by atoms with Crippen LogP contribution in [0.25, 0.3) is 6.08 Å². The zero-order chi connectivity index (χ0) is 24.7. The molecule has 184 valence electrons. The van der Waals surface area contributed by atoms with Crippen molar-refractivity contribution in [3.8, 4) is 0 Å². The van der Waals surface area contributed by atoms with Gasteiger partial charge in [0, 0.05) is 32.7 Å². The van der Waals surface area contributed by atoms with E-state index in [0.29, 0.717) is 12.8 Å². The lowest BCUT2D eigenvalue weighted by Gasteiger charge is -2.33. The maximum atomic E-state index is 12.9. The normalized spacial score (nSPS) is 21.5. The molecule has 4 rings (SSSR count). The molecule has 2 aliphatic heterocycles. The molecule has 4 amide bonds. The number of hydrazine groups is 1. The van der Waals surface area contributed by atoms with Crippen LogP contribution >= 0.6 is 0 Å². The molecule has 8 nitrogen and oxygen atoms in total. The number of hydrogen-bond donors (Lipinski definition) is 2. The standard InChI is InChI=1S/C27H33N5O3/c1-27(15-14-23-11-6-3-7-12-23)25(34)32(26(35)28-27)29-24(33)21-31-19-17-30(18-20-31)16-8-13-22-9-4-2-5-10-22/h2-13H,14-21H2,1H3,(H,28,35)(H,29,33)/b13-8+/t27-/m0/s1. The van der Waals surface area contributed by atoms with Crippen molar-refractivity contribution in [3.63, 3.8) is 0 Å². The lowest BCUT2D eigenvalue weighted by Crippen LogP contribution is -2.53. The van der Waals surface area contributed by atoms with Crippen LogP contribution in [0.3, 0.4) is 0 Å². The van der Waals surface area contributed by atoms with Crippen LogP contribution in [0.15, 0.2) is 66.7 Å². The molecule has 2 fully saturated rings. The molecule has 0 aliphatic carbocycles. The quantitative estimate of drug-likeness (QED) is 0.544. The molecule has 2 aliphatic rings. The van der Waals surface area contributed by atoms with E-state index < -0.39 is 17.5 Å². The smallest absolute Gasteiger partial charge is 0.322 e. The van der Waals surface area contributed by atoms with Crippen LogP contribution in [-0.2, 0) is 16.0 Å². The second-order valence-electron chi connectivity index (χ2n) is 9.31. The highest BCUT2D eigenvalue weighted by Crippen LogP contribution is 2.22. The molecular weight excluding hydrogens is 442 g/mol. The van der Waals surface area contributed by atoms with Crippen molar-refractivity contribution in [3.05, 3.63) is 77.9 Å². The Labute approximate surface area is 206 Å². The van der Waals surface area contributed by atoms with E-state index in [4.69, 9.17) is 0 Å². The number of benzene rings is 2. The highest BCUT2D eigenvalue weighted by atomic mass is 16.2. The summed E-state index contributed by atoms with van der Waals surface area (Å²) < 4.78 is 0. The van der Waals surface area contributed by atoms with Gasteiger partial charge in [0.05, 0.1) is 6.54 Å². The highest BCUT2D eigenvalue weighted by Gasteiger charge is 2.48. The first kappa shape index (κ1) is 24.6. The Hall–Kier alpha value is -3.49. The second-order valence-corrected chi connectivity index (χ2v) is 9.31. The SMILES string of the molecule is C[C@@]1(CCc2ccccc2)NC(=O)N(NC(=O)CN2CCN(C/C=C/c3ccccc3)CC2)C1=O. The van der Waals surface area contributed by atoms with Gasteiger partial charge >= 0.3 is 6.03 Å². The Kier molecular flexibility index (Phi) is 7.94. The predicted octanol–water partition coefficient (Wildman–Crippen LogP) is 2.29. The minimum atomic E-state index is -1.04. The number of piperazine rings is 1. The number of nitrogens with one attached hydrogen (secondary N) is 2. The van der Waals surface area contributed by atoms with Gasteiger partial charge in [0.25, 0.3) is 11.8 Å². The summed E-state index contributed by atoms with van der Waals surface area (Å²) in [4.78, 5) is 42.4. The van der Waals surface area contributed by atoms with Gasteiger partial charge in [-0.3, -0.25) is 24.8 Å². The van der Waals surface area contributed by atoms with Gasteiger partial charge in [-0.05, 0) is 30.9 Å². The van der Waals surface area contributed by atoms with E-state index in [2.05, 4.69) is 39.9 Å². The summed E-state index contributed by atoms with van der Waals surface area (Å²) in [5, 5.41) is 3.57. The Morgan fingerprint density at radius 3 is 2.29 bits per heavy atom. The molecule has 0 aromatic heterocycles. The Morgan fingerprint density at radius 2 is 1.60 bits per heavy atom. The number of amides is 4. The Morgan fingerprint density at radius 1 is 0.971 bits per heavy atom. The predicted molar refractivity (Wildman–Crippen MR) is 135 cm³/mol. The van der Waals surface area contributed by atoms with Gasteiger partial charge in [0.2, 0.25) is 0 Å². The van der Waals surface area contributed by atoms with E-state index >= 15 is 0 Å². The summed E-state index contributed by atoms with van der Waals surface area (Å²) >= 11 is 0. The molecule has 0 radical (unpaired) electrons. The molecule has 35 heavy (non-hydrogen) atoms. The summed E-state index contributed by atoms with van der Waals surface area (Å²) in [7, 11) is 0. The number of imide groups is 1. The van der Waals surface area contributed by atoms with Crippen molar-refractivity contribution < 1.29 is 14.4 Å². The lowest BCUT2D eigenvalue weighted by molar-refractivity contribution is -0.139. The van der Waals surface area contributed by atoms with Gasteiger partial charge in [0.15, 0.2) is 0 Å². The molecule has 2 N–H and O–H groups in total. The number of rotatable bonds is 9. The molecule has 8 heteroatoms. The minimum Gasteiger partial charge on any atom is -0.322 e. The van der Waals surface area contributed by atoms with Crippen molar-refractivity contribution in [1.82, 2.24) is 25.6 Å². The van der Waals surface area contributed by atoms with Crippen LogP contribution in [0.4, 0.5) is 4.79 Å². The number of carbonyl (C=O) groups is 3. The van der Waals surface area contributed by atoms with Gasteiger partial charge in [-0.2, -0.15) is 5.01 Å². The first-order chi connectivity index (χ1) is 16.9. The fourth-order valence-corrected chi connectivity index (χ4v) is 4.39. The molecular formula is C27H33N5O3. The summed E-state index contributed by atoms with van der Waals surface area (Å²) in [6, 6.07) is 19.4. The molecule has 0 saturated carbocycles. The molecule has 0 unspecified atom stereocenters. The average Bonchev–Trinajstić information content (AvgIpc) is 3.08. The van der Waals surface area contributed by atoms with E-state index in [-0.39, 0.29) is 12.5 Å². The van der Waals surface area contributed by atoms with Gasteiger partial charge in [-0.1, -0.05) is 72.8 Å². The molecule has 2 aromatic carbocycles. The van der Waals surface area contributed by atoms with Crippen LogP contribution in [0.1, 0.15) is 24.5 Å². The van der Waals surface area contributed by atoms with E-state index in [1.165, 1.54) is 5.56 Å². The monoisotopic (exact) mass is 475 g/mol. The van der Waals surface area contributed by atoms with Crippen LogP contribution < -0.4 is 10.7 Å². The van der Waals surface area contributed by atoms with Gasteiger partial charge in [0.1, 0.15) is 5.54 Å². The maximum absolute atomic E-state index is 12.9. The van der Waals surface area contributed by atoms with E-state index in [1.54, 1.807) is 6.92 Å². The number of carbonyl (C=O) groups excluding carboxylic acids is 3. The first-order valence-corrected chi connectivity index (χ1v) is 12.1. The number of urea groups is 1. The van der Waals surface area contributed by atoms with Crippen LogP contribution in [0, 0.1) is 0 Å².